The second-order valence-electron chi connectivity index (χ2n) is 4.51. The number of fused-ring (bicyclic) bond motifs is 1. The van der Waals surface area contributed by atoms with Crippen molar-refractivity contribution in [2.45, 2.75) is 38.6 Å². The highest BCUT2D eigenvalue weighted by molar-refractivity contribution is 7.89. The SMILES string of the molecule is CC1CCC2NS(=O)(=O)CCC2C1. The zero-order valence-corrected chi connectivity index (χ0v) is 8.81. The van der Waals surface area contributed by atoms with Gasteiger partial charge in [-0.05, 0) is 37.5 Å². The van der Waals surface area contributed by atoms with Gasteiger partial charge in [-0.25, -0.2) is 13.1 Å². The summed E-state index contributed by atoms with van der Waals surface area (Å²) in [6.07, 6.45) is 4.27. The van der Waals surface area contributed by atoms with Crippen molar-refractivity contribution < 1.29 is 8.42 Å². The molecule has 0 amide bonds. The Balaban J connectivity index is 2.06. The number of sulfonamides is 1. The van der Waals surface area contributed by atoms with Crippen LogP contribution in [0.1, 0.15) is 32.6 Å². The molecule has 0 radical (unpaired) electrons. The highest BCUT2D eigenvalue weighted by Gasteiger charge is 2.35. The number of hydrogen-bond donors (Lipinski definition) is 1. The quantitative estimate of drug-likeness (QED) is 0.641. The van der Waals surface area contributed by atoms with Gasteiger partial charge in [0.15, 0.2) is 0 Å². The van der Waals surface area contributed by atoms with Gasteiger partial charge in [0.1, 0.15) is 0 Å². The Kier molecular flexibility index (Phi) is 2.36. The molecule has 1 saturated heterocycles. The first-order valence-corrected chi connectivity index (χ1v) is 6.72. The van der Waals surface area contributed by atoms with Crippen LogP contribution in [0.15, 0.2) is 0 Å². The van der Waals surface area contributed by atoms with E-state index in [1.54, 1.807) is 0 Å². The second kappa shape index (κ2) is 3.24. The molecule has 1 saturated carbocycles. The van der Waals surface area contributed by atoms with Crippen LogP contribution in [-0.2, 0) is 10.0 Å². The van der Waals surface area contributed by atoms with Crippen molar-refractivity contribution in [3.63, 3.8) is 0 Å². The maximum Gasteiger partial charge on any atom is 0.211 e. The Morgan fingerprint density at radius 3 is 2.77 bits per heavy atom. The number of rotatable bonds is 0. The first kappa shape index (κ1) is 9.46. The molecular weight excluding hydrogens is 186 g/mol. The van der Waals surface area contributed by atoms with E-state index in [4.69, 9.17) is 0 Å². The predicted octanol–water partition coefficient (Wildman–Crippen LogP) is 1.11. The molecule has 13 heavy (non-hydrogen) atoms. The molecule has 1 aliphatic heterocycles. The molecule has 0 aromatic rings. The van der Waals surface area contributed by atoms with Crippen LogP contribution in [0.25, 0.3) is 0 Å². The zero-order chi connectivity index (χ0) is 9.47. The van der Waals surface area contributed by atoms with E-state index in [1.165, 1.54) is 12.8 Å². The fourth-order valence-electron chi connectivity index (χ4n) is 2.57. The molecule has 1 aliphatic carbocycles. The van der Waals surface area contributed by atoms with Gasteiger partial charge in [0.2, 0.25) is 10.0 Å². The summed E-state index contributed by atoms with van der Waals surface area (Å²) in [5, 5.41) is 0. The van der Waals surface area contributed by atoms with Crippen molar-refractivity contribution in [2.75, 3.05) is 5.75 Å². The Morgan fingerprint density at radius 2 is 2.00 bits per heavy atom. The molecule has 3 atom stereocenters. The summed E-state index contributed by atoms with van der Waals surface area (Å²) in [6, 6.07) is 0.245. The van der Waals surface area contributed by atoms with E-state index in [-0.39, 0.29) is 6.04 Å². The van der Waals surface area contributed by atoms with Crippen molar-refractivity contribution >= 4 is 10.0 Å². The van der Waals surface area contributed by atoms with Gasteiger partial charge in [-0.1, -0.05) is 6.92 Å². The lowest BCUT2D eigenvalue weighted by Crippen LogP contribution is -2.49. The molecule has 2 rings (SSSR count). The molecule has 1 N–H and O–H groups in total. The van der Waals surface area contributed by atoms with Crippen LogP contribution in [0.4, 0.5) is 0 Å². The average molecular weight is 203 g/mol. The van der Waals surface area contributed by atoms with Gasteiger partial charge in [-0.15, -0.1) is 0 Å². The minimum absolute atomic E-state index is 0.245. The van der Waals surface area contributed by atoms with E-state index in [0.717, 1.165) is 18.8 Å². The van der Waals surface area contributed by atoms with Gasteiger partial charge in [0, 0.05) is 6.04 Å². The van der Waals surface area contributed by atoms with Gasteiger partial charge in [-0.2, -0.15) is 0 Å². The topological polar surface area (TPSA) is 46.2 Å². The van der Waals surface area contributed by atoms with Gasteiger partial charge in [-0.3, -0.25) is 0 Å². The average Bonchev–Trinajstić information content (AvgIpc) is 2.05. The van der Waals surface area contributed by atoms with Crippen LogP contribution in [0.2, 0.25) is 0 Å². The number of nitrogens with one attached hydrogen (secondary N) is 1. The molecule has 76 valence electrons. The van der Waals surface area contributed by atoms with Crippen LogP contribution in [-0.4, -0.2) is 20.2 Å². The Labute approximate surface area is 80.0 Å². The molecule has 0 spiro atoms. The second-order valence-corrected chi connectivity index (χ2v) is 6.38. The maximum absolute atomic E-state index is 11.3. The van der Waals surface area contributed by atoms with Crippen LogP contribution >= 0.6 is 0 Å². The zero-order valence-electron chi connectivity index (χ0n) is 7.99. The van der Waals surface area contributed by atoms with Gasteiger partial charge in [0.05, 0.1) is 5.75 Å². The third kappa shape index (κ3) is 2.05. The van der Waals surface area contributed by atoms with Crippen LogP contribution < -0.4 is 4.72 Å². The molecule has 3 unspecified atom stereocenters. The summed E-state index contributed by atoms with van der Waals surface area (Å²) in [4.78, 5) is 0. The minimum atomic E-state index is -2.92. The standard InChI is InChI=1S/C9H17NO2S/c1-7-2-3-9-8(6-7)4-5-13(11,12)10-9/h7-10H,2-6H2,1H3. The highest BCUT2D eigenvalue weighted by Crippen LogP contribution is 2.33. The molecule has 0 bridgehead atoms. The van der Waals surface area contributed by atoms with E-state index in [9.17, 15) is 8.42 Å². The molecule has 3 nitrogen and oxygen atoms in total. The summed E-state index contributed by atoms with van der Waals surface area (Å²) in [5.74, 6) is 1.72. The summed E-state index contributed by atoms with van der Waals surface area (Å²) in [7, 11) is -2.92. The number of hydrogen-bond acceptors (Lipinski definition) is 2. The summed E-state index contributed by atoms with van der Waals surface area (Å²) < 4.78 is 25.3. The lowest BCUT2D eigenvalue weighted by molar-refractivity contribution is 0.219. The largest absolute Gasteiger partial charge is 0.212 e. The van der Waals surface area contributed by atoms with E-state index in [0.29, 0.717) is 11.7 Å². The Morgan fingerprint density at radius 1 is 1.23 bits per heavy atom. The normalized spacial score (nSPS) is 43.9. The smallest absolute Gasteiger partial charge is 0.211 e. The first-order chi connectivity index (χ1) is 6.07. The maximum atomic E-state index is 11.3. The molecular formula is C9H17NO2S. The highest BCUT2D eigenvalue weighted by atomic mass is 32.2. The fourth-order valence-corrected chi connectivity index (χ4v) is 4.07. The molecule has 0 aromatic heterocycles. The third-order valence-corrected chi connectivity index (χ3v) is 4.77. The van der Waals surface area contributed by atoms with E-state index >= 15 is 0 Å². The third-order valence-electron chi connectivity index (χ3n) is 3.33. The first-order valence-electron chi connectivity index (χ1n) is 5.07. The van der Waals surface area contributed by atoms with Crippen LogP contribution in [0.5, 0.6) is 0 Å². The van der Waals surface area contributed by atoms with Crippen LogP contribution in [0, 0.1) is 11.8 Å². The van der Waals surface area contributed by atoms with E-state index in [2.05, 4.69) is 11.6 Å². The minimum Gasteiger partial charge on any atom is -0.212 e. The van der Waals surface area contributed by atoms with Crippen LogP contribution in [0.3, 0.4) is 0 Å². The summed E-state index contributed by atoms with van der Waals surface area (Å²) in [6.45, 7) is 2.26. The molecule has 2 aliphatic rings. The van der Waals surface area contributed by atoms with Crippen molar-refractivity contribution in [3.8, 4) is 0 Å². The monoisotopic (exact) mass is 203 g/mol. The molecule has 4 heteroatoms. The summed E-state index contributed by atoms with van der Waals surface area (Å²) in [5.41, 5.74) is 0. The van der Waals surface area contributed by atoms with Crippen molar-refractivity contribution in [2.24, 2.45) is 11.8 Å². The van der Waals surface area contributed by atoms with Crippen molar-refractivity contribution in [1.82, 2.24) is 4.72 Å². The van der Waals surface area contributed by atoms with E-state index in [1.807, 2.05) is 0 Å². The Bertz CT molecular complexity index is 286. The molecule has 0 aromatic carbocycles. The fraction of sp³-hybridized carbons (Fsp3) is 1.00. The summed E-state index contributed by atoms with van der Waals surface area (Å²) >= 11 is 0. The predicted molar refractivity (Wildman–Crippen MR) is 51.8 cm³/mol. The molecule has 1 heterocycles. The van der Waals surface area contributed by atoms with E-state index < -0.39 is 10.0 Å². The molecule has 2 fully saturated rings. The Hall–Kier alpha value is -0.0900. The van der Waals surface area contributed by atoms with Crippen molar-refractivity contribution in [3.05, 3.63) is 0 Å². The lowest BCUT2D eigenvalue weighted by atomic mass is 9.78. The van der Waals surface area contributed by atoms with Gasteiger partial charge >= 0.3 is 0 Å². The lowest BCUT2D eigenvalue weighted by Gasteiger charge is -2.38. The van der Waals surface area contributed by atoms with Gasteiger partial charge < -0.3 is 0 Å². The van der Waals surface area contributed by atoms with Crippen molar-refractivity contribution in [1.29, 1.82) is 0 Å². The van der Waals surface area contributed by atoms with Gasteiger partial charge in [0.25, 0.3) is 0 Å².